The summed E-state index contributed by atoms with van der Waals surface area (Å²) in [5.74, 6) is -2.74. The Bertz CT molecular complexity index is 252. The van der Waals surface area contributed by atoms with Crippen LogP contribution in [0.5, 0.6) is 0 Å². The van der Waals surface area contributed by atoms with Crippen molar-refractivity contribution < 1.29 is 19.8 Å². The van der Waals surface area contributed by atoms with Gasteiger partial charge in [0.25, 0.3) is 0 Å². The second-order valence-corrected chi connectivity index (χ2v) is 4.02. The molecule has 0 bridgehead atoms. The van der Waals surface area contributed by atoms with Crippen molar-refractivity contribution in [1.82, 2.24) is 0 Å². The molecule has 4 heteroatoms. The maximum Gasteiger partial charge on any atom is 0.342 e. The zero-order chi connectivity index (χ0) is 12.6. The van der Waals surface area contributed by atoms with Crippen molar-refractivity contribution in [2.75, 3.05) is 0 Å². The first-order chi connectivity index (χ1) is 7.49. The van der Waals surface area contributed by atoms with Gasteiger partial charge in [-0.25, -0.2) is 9.59 Å². The van der Waals surface area contributed by atoms with E-state index in [0.717, 1.165) is 25.7 Å². The standard InChI is InChI=1S/C12H20O4/c1-3-4-5-6-7-9(2)8-10(11(13)14)12(15)16/h8-9H,3-7H2,1-2H3,(H,13,14)(H,15,16). The Hall–Kier alpha value is -1.32. The Morgan fingerprint density at radius 3 is 2.12 bits per heavy atom. The average molecular weight is 228 g/mol. The highest BCUT2D eigenvalue weighted by Crippen LogP contribution is 2.13. The van der Waals surface area contributed by atoms with Crippen LogP contribution in [0.2, 0.25) is 0 Å². The van der Waals surface area contributed by atoms with Crippen LogP contribution in [-0.2, 0) is 9.59 Å². The topological polar surface area (TPSA) is 74.6 Å². The smallest absolute Gasteiger partial charge is 0.342 e. The summed E-state index contributed by atoms with van der Waals surface area (Å²) in [7, 11) is 0. The van der Waals surface area contributed by atoms with E-state index in [1.165, 1.54) is 12.5 Å². The molecule has 0 aliphatic rings. The normalized spacial score (nSPS) is 11.9. The second kappa shape index (κ2) is 7.91. The Morgan fingerprint density at radius 1 is 1.12 bits per heavy atom. The minimum absolute atomic E-state index is 0.000874. The van der Waals surface area contributed by atoms with Crippen molar-refractivity contribution >= 4 is 11.9 Å². The predicted octanol–water partition coefficient (Wildman–Crippen LogP) is 2.69. The van der Waals surface area contributed by atoms with Crippen molar-refractivity contribution in [3.63, 3.8) is 0 Å². The molecular weight excluding hydrogens is 208 g/mol. The third kappa shape index (κ3) is 6.22. The maximum atomic E-state index is 10.6. The van der Waals surface area contributed by atoms with E-state index in [0.29, 0.717) is 0 Å². The first-order valence-corrected chi connectivity index (χ1v) is 5.67. The first-order valence-electron chi connectivity index (χ1n) is 5.67. The Balaban J connectivity index is 4.16. The van der Waals surface area contributed by atoms with E-state index in [1.54, 1.807) is 0 Å². The summed E-state index contributed by atoms with van der Waals surface area (Å²) in [6.45, 7) is 3.97. The molecule has 0 aromatic carbocycles. The third-order valence-corrected chi connectivity index (χ3v) is 2.43. The van der Waals surface area contributed by atoms with E-state index in [2.05, 4.69) is 6.92 Å². The molecular formula is C12H20O4. The molecule has 92 valence electrons. The number of aliphatic carboxylic acids is 2. The maximum absolute atomic E-state index is 10.6. The van der Waals surface area contributed by atoms with Crippen molar-refractivity contribution in [3.05, 3.63) is 11.6 Å². The number of hydrogen-bond acceptors (Lipinski definition) is 2. The molecule has 0 heterocycles. The van der Waals surface area contributed by atoms with Gasteiger partial charge in [-0.3, -0.25) is 0 Å². The van der Waals surface area contributed by atoms with Gasteiger partial charge in [0.1, 0.15) is 5.57 Å². The Kier molecular flexibility index (Phi) is 7.25. The minimum Gasteiger partial charge on any atom is -0.477 e. The van der Waals surface area contributed by atoms with Gasteiger partial charge in [0.2, 0.25) is 0 Å². The van der Waals surface area contributed by atoms with Crippen LogP contribution in [0.1, 0.15) is 46.0 Å². The number of allylic oxidation sites excluding steroid dienone is 1. The summed E-state index contributed by atoms with van der Waals surface area (Å²) < 4.78 is 0. The molecule has 0 rings (SSSR count). The van der Waals surface area contributed by atoms with Gasteiger partial charge >= 0.3 is 11.9 Å². The zero-order valence-electron chi connectivity index (χ0n) is 9.90. The number of carbonyl (C=O) groups is 2. The molecule has 1 unspecified atom stereocenters. The monoisotopic (exact) mass is 228 g/mol. The summed E-state index contributed by atoms with van der Waals surface area (Å²) in [4.78, 5) is 21.2. The molecule has 0 saturated carbocycles. The summed E-state index contributed by atoms with van der Waals surface area (Å²) in [5.41, 5.74) is -0.525. The van der Waals surface area contributed by atoms with E-state index in [-0.39, 0.29) is 5.92 Å². The SMILES string of the molecule is CCCCCCC(C)C=C(C(=O)O)C(=O)O. The van der Waals surface area contributed by atoms with Crippen LogP contribution in [0.3, 0.4) is 0 Å². The molecule has 0 aromatic heterocycles. The van der Waals surface area contributed by atoms with Crippen LogP contribution in [0.25, 0.3) is 0 Å². The van der Waals surface area contributed by atoms with Crippen LogP contribution in [-0.4, -0.2) is 22.2 Å². The van der Waals surface area contributed by atoms with Crippen LogP contribution < -0.4 is 0 Å². The molecule has 0 spiro atoms. The van der Waals surface area contributed by atoms with Gasteiger partial charge < -0.3 is 10.2 Å². The summed E-state index contributed by atoms with van der Waals surface area (Å²) in [5, 5.41) is 17.3. The van der Waals surface area contributed by atoms with Gasteiger partial charge in [-0.1, -0.05) is 45.6 Å². The molecule has 0 aliphatic heterocycles. The van der Waals surface area contributed by atoms with E-state index in [4.69, 9.17) is 10.2 Å². The molecule has 2 N–H and O–H groups in total. The fourth-order valence-electron chi connectivity index (χ4n) is 1.49. The molecule has 0 fully saturated rings. The Labute approximate surface area is 96.0 Å². The zero-order valence-corrected chi connectivity index (χ0v) is 9.90. The fourth-order valence-corrected chi connectivity index (χ4v) is 1.49. The van der Waals surface area contributed by atoms with Crippen molar-refractivity contribution in [2.24, 2.45) is 5.92 Å². The molecule has 16 heavy (non-hydrogen) atoms. The molecule has 1 atom stereocenters. The van der Waals surface area contributed by atoms with Gasteiger partial charge in [0, 0.05) is 0 Å². The van der Waals surface area contributed by atoms with Crippen LogP contribution in [0.4, 0.5) is 0 Å². The lowest BCUT2D eigenvalue weighted by atomic mass is 10.00. The van der Waals surface area contributed by atoms with Gasteiger partial charge in [0.05, 0.1) is 0 Å². The molecule has 0 amide bonds. The quantitative estimate of drug-likeness (QED) is 0.290. The molecule has 0 aliphatic carbocycles. The van der Waals surface area contributed by atoms with Gasteiger partial charge in [-0.05, 0) is 12.3 Å². The summed E-state index contributed by atoms with van der Waals surface area (Å²) in [6, 6.07) is 0. The number of unbranched alkanes of at least 4 members (excludes halogenated alkanes) is 3. The summed E-state index contributed by atoms with van der Waals surface area (Å²) >= 11 is 0. The number of rotatable bonds is 8. The largest absolute Gasteiger partial charge is 0.477 e. The molecule has 0 radical (unpaired) electrons. The predicted molar refractivity (Wildman–Crippen MR) is 61.3 cm³/mol. The van der Waals surface area contributed by atoms with Crippen LogP contribution >= 0.6 is 0 Å². The number of hydrogen-bond donors (Lipinski definition) is 2. The lowest BCUT2D eigenvalue weighted by Gasteiger charge is -2.06. The van der Waals surface area contributed by atoms with Gasteiger partial charge in [-0.15, -0.1) is 0 Å². The van der Waals surface area contributed by atoms with E-state index in [9.17, 15) is 9.59 Å². The van der Waals surface area contributed by atoms with E-state index >= 15 is 0 Å². The number of carboxylic acids is 2. The highest BCUT2D eigenvalue weighted by Gasteiger charge is 2.16. The molecule has 0 aromatic rings. The highest BCUT2D eigenvalue weighted by atomic mass is 16.4. The summed E-state index contributed by atoms with van der Waals surface area (Å²) in [6.07, 6.45) is 6.61. The van der Waals surface area contributed by atoms with Crippen molar-refractivity contribution in [3.8, 4) is 0 Å². The third-order valence-electron chi connectivity index (χ3n) is 2.43. The van der Waals surface area contributed by atoms with E-state index in [1.807, 2.05) is 6.92 Å². The average Bonchev–Trinajstić information content (AvgIpc) is 2.20. The lowest BCUT2D eigenvalue weighted by Crippen LogP contribution is -2.12. The molecule has 4 nitrogen and oxygen atoms in total. The van der Waals surface area contributed by atoms with Gasteiger partial charge in [0.15, 0.2) is 0 Å². The minimum atomic E-state index is -1.37. The molecule has 0 saturated heterocycles. The number of carboxylic acid groups (broad SMARTS) is 2. The highest BCUT2D eigenvalue weighted by molar-refractivity contribution is 6.12. The lowest BCUT2D eigenvalue weighted by molar-refractivity contribution is -0.140. The van der Waals surface area contributed by atoms with Crippen molar-refractivity contribution in [1.29, 1.82) is 0 Å². The van der Waals surface area contributed by atoms with Crippen molar-refractivity contribution in [2.45, 2.75) is 46.0 Å². The fraction of sp³-hybridized carbons (Fsp3) is 0.667. The van der Waals surface area contributed by atoms with Crippen LogP contribution in [0.15, 0.2) is 11.6 Å². The Morgan fingerprint density at radius 2 is 1.69 bits per heavy atom. The second-order valence-electron chi connectivity index (χ2n) is 4.02. The van der Waals surface area contributed by atoms with Gasteiger partial charge in [-0.2, -0.15) is 0 Å². The van der Waals surface area contributed by atoms with E-state index < -0.39 is 17.5 Å². The first kappa shape index (κ1) is 14.7. The van der Waals surface area contributed by atoms with Crippen LogP contribution in [0, 0.1) is 5.92 Å².